The molecule has 0 saturated carbocycles. The standard InChI is InChI=1S/C14H14BrNO2/c1-2-3-8-18-14(17)12(10-16)9-11-4-6-13(15)7-5-11/h4-7,9H,2-3,8H2,1H3. The fraction of sp³-hybridized carbons (Fsp3) is 0.286. The first-order chi connectivity index (χ1) is 8.67. The van der Waals surface area contributed by atoms with Gasteiger partial charge in [-0.15, -0.1) is 0 Å². The number of nitriles is 1. The maximum absolute atomic E-state index is 11.6. The van der Waals surface area contributed by atoms with Gasteiger partial charge in [-0.25, -0.2) is 4.79 Å². The second-order valence-electron chi connectivity index (χ2n) is 3.71. The van der Waals surface area contributed by atoms with Gasteiger partial charge in [-0.3, -0.25) is 0 Å². The Morgan fingerprint density at radius 2 is 2.11 bits per heavy atom. The fourth-order valence-electron chi connectivity index (χ4n) is 1.25. The van der Waals surface area contributed by atoms with E-state index in [-0.39, 0.29) is 5.57 Å². The van der Waals surface area contributed by atoms with E-state index in [1.807, 2.05) is 37.3 Å². The molecular formula is C14H14BrNO2. The summed E-state index contributed by atoms with van der Waals surface area (Å²) < 4.78 is 5.94. The topological polar surface area (TPSA) is 50.1 Å². The minimum atomic E-state index is -0.561. The summed E-state index contributed by atoms with van der Waals surface area (Å²) in [7, 11) is 0. The van der Waals surface area contributed by atoms with Gasteiger partial charge in [0.25, 0.3) is 0 Å². The molecule has 0 atom stereocenters. The van der Waals surface area contributed by atoms with Crippen molar-refractivity contribution in [3.05, 3.63) is 39.9 Å². The highest BCUT2D eigenvalue weighted by Gasteiger charge is 2.10. The lowest BCUT2D eigenvalue weighted by molar-refractivity contribution is -0.138. The van der Waals surface area contributed by atoms with E-state index in [0.717, 1.165) is 22.9 Å². The molecule has 0 aliphatic heterocycles. The summed E-state index contributed by atoms with van der Waals surface area (Å²) in [6.45, 7) is 2.37. The largest absolute Gasteiger partial charge is 0.462 e. The van der Waals surface area contributed by atoms with Crippen LogP contribution in [-0.2, 0) is 9.53 Å². The van der Waals surface area contributed by atoms with Crippen LogP contribution in [0.5, 0.6) is 0 Å². The Balaban J connectivity index is 2.74. The summed E-state index contributed by atoms with van der Waals surface area (Å²) in [5, 5.41) is 8.94. The molecule has 0 bridgehead atoms. The second kappa shape index (κ2) is 7.67. The van der Waals surface area contributed by atoms with E-state index in [9.17, 15) is 4.79 Å². The molecule has 1 aromatic rings. The Bertz CT molecular complexity index is 472. The van der Waals surface area contributed by atoms with Crippen LogP contribution < -0.4 is 0 Å². The zero-order valence-corrected chi connectivity index (χ0v) is 11.7. The molecule has 0 heterocycles. The van der Waals surface area contributed by atoms with E-state index in [2.05, 4.69) is 15.9 Å². The minimum Gasteiger partial charge on any atom is -0.462 e. The lowest BCUT2D eigenvalue weighted by Gasteiger charge is -2.02. The van der Waals surface area contributed by atoms with Crippen LogP contribution in [0.1, 0.15) is 25.3 Å². The van der Waals surface area contributed by atoms with Crippen molar-refractivity contribution in [1.82, 2.24) is 0 Å². The van der Waals surface area contributed by atoms with Crippen LogP contribution in [0.15, 0.2) is 34.3 Å². The number of rotatable bonds is 5. The van der Waals surface area contributed by atoms with Crippen molar-refractivity contribution < 1.29 is 9.53 Å². The van der Waals surface area contributed by atoms with Crippen molar-refractivity contribution in [2.45, 2.75) is 19.8 Å². The minimum absolute atomic E-state index is 0.0217. The third-order valence-corrected chi connectivity index (χ3v) is 2.78. The quantitative estimate of drug-likeness (QED) is 0.361. The Labute approximate surface area is 115 Å². The van der Waals surface area contributed by atoms with Crippen molar-refractivity contribution in [1.29, 1.82) is 5.26 Å². The molecule has 18 heavy (non-hydrogen) atoms. The van der Waals surface area contributed by atoms with Crippen LogP contribution in [0.25, 0.3) is 6.08 Å². The van der Waals surface area contributed by atoms with Gasteiger partial charge in [-0.05, 0) is 30.2 Å². The summed E-state index contributed by atoms with van der Waals surface area (Å²) in [6, 6.07) is 9.21. The Hall–Kier alpha value is -1.60. The number of ether oxygens (including phenoxy) is 1. The molecule has 1 rings (SSSR count). The van der Waals surface area contributed by atoms with Gasteiger partial charge < -0.3 is 4.74 Å². The molecule has 3 nitrogen and oxygen atoms in total. The first kappa shape index (κ1) is 14.5. The summed E-state index contributed by atoms with van der Waals surface area (Å²) in [4.78, 5) is 11.6. The maximum Gasteiger partial charge on any atom is 0.348 e. The van der Waals surface area contributed by atoms with Crippen LogP contribution >= 0.6 is 15.9 Å². The third-order valence-electron chi connectivity index (χ3n) is 2.25. The van der Waals surface area contributed by atoms with Gasteiger partial charge in [0.2, 0.25) is 0 Å². The monoisotopic (exact) mass is 307 g/mol. The molecule has 4 heteroatoms. The zero-order valence-electron chi connectivity index (χ0n) is 10.1. The Morgan fingerprint density at radius 3 is 2.67 bits per heavy atom. The summed E-state index contributed by atoms with van der Waals surface area (Å²) in [5.74, 6) is -0.561. The van der Waals surface area contributed by atoms with Gasteiger partial charge in [-0.1, -0.05) is 41.4 Å². The molecular weight excluding hydrogens is 294 g/mol. The molecule has 0 aliphatic rings. The normalized spacial score (nSPS) is 10.8. The first-order valence-electron chi connectivity index (χ1n) is 5.72. The first-order valence-corrected chi connectivity index (χ1v) is 6.51. The van der Waals surface area contributed by atoms with E-state index >= 15 is 0 Å². The van der Waals surface area contributed by atoms with Gasteiger partial charge in [0, 0.05) is 4.47 Å². The van der Waals surface area contributed by atoms with Crippen LogP contribution in [0.2, 0.25) is 0 Å². The molecule has 0 amide bonds. The number of hydrogen-bond donors (Lipinski definition) is 0. The van der Waals surface area contributed by atoms with E-state index in [4.69, 9.17) is 10.00 Å². The highest BCUT2D eigenvalue weighted by Crippen LogP contribution is 2.13. The van der Waals surface area contributed by atoms with Crippen LogP contribution in [0.3, 0.4) is 0 Å². The van der Waals surface area contributed by atoms with Crippen molar-refractivity contribution in [2.24, 2.45) is 0 Å². The van der Waals surface area contributed by atoms with Crippen molar-refractivity contribution >= 4 is 28.0 Å². The molecule has 0 saturated heterocycles. The molecule has 0 aromatic heterocycles. The zero-order chi connectivity index (χ0) is 13.4. The number of benzene rings is 1. The Kier molecular flexibility index (Phi) is 6.16. The van der Waals surface area contributed by atoms with E-state index < -0.39 is 5.97 Å². The SMILES string of the molecule is CCCCOC(=O)C(C#N)=Cc1ccc(Br)cc1. The van der Waals surface area contributed by atoms with Gasteiger partial charge in [-0.2, -0.15) is 5.26 Å². The fourth-order valence-corrected chi connectivity index (χ4v) is 1.51. The predicted molar refractivity (Wildman–Crippen MR) is 73.6 cm³/mol. The number of halogens is 1. The van der Waals surface area contributed by atoms with Gasteiger partial charge in [0.1, 0.15) is 11.6 Å². The third kappa shape index (κ3) is 4.72. The van der Waals surface area contributed by atoms with Crippen molar-refractivity contribution in [3.63, 3.8) is 0 Å². The molecule has 0 radical (unpaired) electrons. The molecule has 1 aromatic carbocycles. The lowest BCUT2D eigenvalue weighted by Crippen LogP contribution is -2.07. The maximum atomic E-state index is 11.6. The molecule has 0 fully saturated rings. The van der Waals surface area contributed by atoms with Gasteiger partial charge in [0.15, 0.2) is 0 Å². The molecule has 94 valence electrons. The molecule has 0 unspecified atom stereocenters. The number of carbonyl (C=O) groups is 1. The number of carbonyl (C=O) groups excluding carboxylic acids is 1. The predicted octanol–water partition coefficient (Wildman–Crippen LogP) is 3.70. The smallest absolute Gasteiger partial charge is 0.348 e. The number of unbranched alkanes of at least 4 members (excludes halogenated alkanes) is 1. The molecule has 0 aliphatic carbocycles. The summed E-state index contributed by atoms with van der Waals surface area (Å²) >= 11 is 3.32. The summed E-state index contributed by atoms with van der Waals surface area (Å²) in [6.07, 6.45) is 3.29. The van der Waals surface area contributed by atoms with Crippen molar-refractivity contribution in [2.75, 3.05) is 6.61 Å². The van der Waals surface area contributed by atoms with Crippen LogP contribution in [0, 0.1) is 11.3 Å². The molecule has 0 spiro atoms. The number of hydrogen-bond acceptors (Lipinski definition) is 3. The number of nitrogens with zero attached hydrogens (tertiary/aromatic N) is 1. The lowest BCUT2D eigenvalue weighted by atomic mass is 10.1. The Morgan fingerprint density at radius 1 is 1.44 bits per heavy atom. The van der Waals surface area contributed by atoms with Crippen LogP contribution in [-0.4, -0.2) is 12.6 Å². The van der Waals surface area contributed by atoms with Crippen molar-refractivity contribution in [3.8, 4) is 6.07 Å². The average molecular weight is 308 g/mol. The second-order valence-corrected chi connectivity index (χ2v) is 4.63. The van der Waals surface area contributed by atoms with Crippen LogP contribution in [0.4, 0.5) is 0 Å². The van der Waals surface area contributed by atoms with E-state index in [1.165, 1.54) is 6.08 Å². The average Bonchev–Trinajstić information content (AvgIpc) is 2.38. The summed E-state index contributed by atoms with van der Waals surface area (Å²) in [5.41, 5.74) is 0.815. The highest BCUT2D eigenvalue weighted by atomic mass is 79.9. The van der Waals surface area contributed by atoms with E-state index in [1.54, 1.807) is 0 Å². The number of esters is 1. The highest BCUT2D eigenvalue weighted by molar-refractivity contribution is 9.10. The van der Waals surface area contributed by atoms with Gasteiger partial charge in [0.05, 0.1) is 6.61 Å². The molecule has 0 N–H and O–H groups in total. The van der Waals surface area contributed by atoms with E-state index in [0.29, 0.717) is 6.61 Å². The van der Waals surface area contributed by atoms with Gasteiger partial charge >= 0.3 is 5.97 Å².